The van der Waals surface area contributed by atoms with E-state index in [9.17, 15) is 4.79 Å². The number of aryl methyl sites for hydroxylation is 1. The summed E-state index contributed by atoms with van der Waals surface area (Å²) in [6.07, 6.45) is 4.32. The van der Waals surface area contributed by atoms with Crippen LogP contribution in [0.25, 0.3) is 0 Å². The smallest absolute Gasteiger partial charge is 0.227 e. The van der Waals surface area contributed by atoms with E-state index in [1.54, 1.807) is 0 Å². The fraction of sp³-hybridized carbons (Fsp3) is 0.588. The zero-order chi connectivity index (χ0) is 13.7. The Morgan fingerprint density at radius 2 is 2.25 bits per heavy atom. The molecule has 1 aromatic carbocycles. The summed E-state index contributed by atoms with van der Waals surface area (Å²) in [6.45, 7) is 4.12. The van der Waals surface area contributed by atoms with Crippen LogP contribution in [0.3, 0.4) is 0 Å². The number of hydrogen-bond donors (Lipinski definition) is 1. The molecule has 3 aliphatic heterocycles. The number of carbonyl (C=O) groups is 1. The second-order valence-corrected chi connectivity index (χ2v) is 6.54. The maximum absolute atomic E-state index is 12.8. The fourth-order valence-corrected chi connectivity index (χ4v) is 4.28. The normalized spacial score (nSPS) is 32.4. The van der Waals surface area contributed by atoms with E-state index in [0.717, 1.165) is 38.8 Å². The van der Waals surface area contributed by atoms with E-state index in [4.69, 9.17) is 0 Å². The molecule has 3 heteroatoms. The van der Waals surface area contributed by atoms with Crippen molar-refractivity contribution in [3.63, 3.8) is 0 Å². The van der Waals surface area contributed by atoms with Crippen molar-refractivity contribution < 1.29 is 4.79 Å². The highest BCUT2D eigenvalue weighted by molar-refractivity contribution is 5.81. The molecule has 0 spiro atoms. The van der Waals surface area contributed by atoms with Crippen LogP contribution >= 0.6 is 0 Å². The van der Waals surface area contributed by atoms with Crippen molar-refractivity contribution in [2.45, 2.75) is 44.7 Å². The molecule has 3 atom stereocenters. The van der Waals surface area contributed by atoms with Gasteiger partial charge in [0, 0.05) is 12.6 Å². The van der Waals surface area contributed by atoms with Crippen molar-refractivity contribution in [1.29, 1.82) is 0 Å². The van der Waals surface area contributed by atoms with Crippen LogP contribution in [0.1, 0.15) is 42.0 Å². The van der Waals surface area contributed by atoms with E-state index in [1.165, 1.54) is 16.7 Å². The van der Waals surface area contributed by atoms with Crippen molar-refractivity contribution in [2.75, 3.05) is 13.1 Å². The molecule has 0 aromatic heterocycles. The van der Waals surface area contributed by atoms with E-state index >= 15 is 0 Å². The highest BCUT2D eigenvalue weighted by Gasteiger charge is 2.44. The number of rotatable bonds is 0. The number of amides is 1. The van der Waals surface area contributed by atoms with Gasteiger partial charge < -0.3 is 10.2 Å². The van der Waals surface area contributed by atoms with E-state index < -0.39 is 0 Å². The predicted octanol–water partition coefficient (Wildman–Crippen LogP) is 2.19. The second kappa shape index (κ2) is 4.59. The lowest BCUT2D eigenvalue weighted by Crippen LogP contribution is -2.57. The summed E-state index contributed by atoms with van der Waals surface area (Å²) in [5.74, 6) is 0.622. The average molecular weight is 270 g/mol. The molecule has 0 bridgehead atoms. The first-order valence-electron chi connectivity index (χ1n) is 7.87. The Hall–Kier alpha value is -1.35. The molecule has 3 heterocycles. The number of hydrogen-bond acceptors (Lipinski definition) is 2. The van der Waals surface area contributed by atoms with Gasteiger partial charge in [0.15, 0.2) is 0 Å². The Morgan fingerprint density at radius 1 is 1.35 bits per heavy atom. The number of carbonyl (C=O) groups excluding carboxylic acids is 1. The van der Waals surface area contributed by atoms with Crippen LogP contribution in [-0.2, 0) is 11.2 Å². The molecule has 3 unspecified atom stereocenters. The highest BCUT2D eigenvalue weighted by atomic mass is 16.2. The van der Waals surface area contributed by atoms with E-state index in [1.807, 2.05) is 0 Å². The Kier molecular flexibility index (Phi) is 2.84. The van der Waals surface area contributed by atoms with Crippen LogP contribution in [0.5, 0.6) is 0 Å². The Balaban J connectivity index is 1.72. The largest absolute Gasteiger partial charge is 0.335 e. The van der Waals surface area contributed by atoms with Gasteiger partial charge in [-0.3, -0.25) is 4.79 Å². The van der Waals surface area contributed by atoms with Gasteiger partial charge in [0.1, 0.15) is 0 Å². The van der Waals surface area contributed by atoms with E-state index in [-0.39, 0.29) is 5.92 Å². The molecule has 3 aliphatic rings. The van der Waals surface area contributed by atoms with Crippen molar-refractivity contribution in [1.82, 2.24) is 10.2 Å². The van der Waals surface area contributed by atoms with Crippen molar-refractivity contribution in [2.24, 2.45) is 5.92 Å². The van der Waals surface area contributed by atoms with E-state index in [0.29, 0.717) is 18.0 Å². The van der Waals surface area contributed by atoms with Gasteiger partial charge >= 0.3 is 0 Å². The average Bonchev–Trinajstić information content (AvgIpc) is 2.47. The molecule has 1 N–H and O–H groups in total. The minimum atomic E-state index is 0.228. The first kappa shape index (κ1) is 12.4. The van der Waals surface area contributed by atoms with Crippen molar-refractivity contribution >= 4 is 5.91 Å². The summed E-state index contributed by atoms with van der Waals surface area (Å²) in [5.41, 5.74) is 4.14. The third kappa shape index (κ3) is 1.80. The molecule has 3 nitrogen and oxygen atoms in total. The van der Waals surface area contributed by atoms with Crippen molar-refractivity contribution in [3.05, 3.63) is 34.9 Å². The molecule has 4 rings (SSSR count). The summed E-state index contributed by atoms with van der Waals surface area (Å²) in [7, 11) is 0. The van der Waals surface area contributed by atoms with Gasteiger partial charge in [-0.1, -0.05) is 23.8 Å². The van der Waals surface area contributed by atoms with Crippen LogP contribution < -0.4 is 5.32 Å². The molecule has 2 saturated heterocycles. The SMILES string of the molecule is Cc1ccc2c(c1)C1CC3NCCCC3C(=O)N1CC2. The van der Waals surface area contributed by atoms with Crippen LogP contribution in [0.4, 0.5) is 0 Å². The number of piperidine rings is 2. The molecule has 2 fully saturated rings. The highest BCUT2D eigenvalue weighted by Crippen LogP contribution is 2.41. The third-order valence-corrected chi connectivity index (χ3v) is 5.32. The maximum atomic E-state index is 12.8. The maximum Gasteiger partial charge on any atom is 0.227 e. The zero-order valence-corrected chi connectivity index (χ0v) is 12.1. The minimum Gasteiger partial charge on any atom is -0.335 e. The van der Waals surface area contributed by atoms with Crippen LogP contribution in [0.15, 0.2) is 18.2 Å². The first-order chi connectivity index (χ1) is 9.74. The fourth-order valence-electron chi connectivity index (χ4n) is 4.28. The molecule has 0 saturated carbocycles. The van der Waals surface area contributed by atoms with Gasteiger partial charge in [-0.25, -0.2) is 0 Å². The molecular weight excluding hydrogens is 248 g/mol. The lowest BCUT2D eigenvalue weighted by molar-refractivity contribution is -0.145. The van der Waals surface area contributed by atoms with Gasteiger partial charge in [-0.15, -0.1) is 0 Å². The third-order valence-electron chi connectivity index (χ3n) is 5.32. The standard InChI is InChI=1S/C17H22N2O/c1-11-4-5-12-6-8-19-16(14(12)9-11)10-15-13(17(19)20)3-2-7-18-15/h4-5,9,13,15-16,18H,2-3,6-8,10H2,1H3. The van der Waals surface area contributed by atoms with Gasteiger partial charge in [-0.2, -0.15) is 0 Å². The molecule has 1 amide bonds. The monoisotopic (exact) mass is 270 g/mol. The topological polar surface area (TPSA) is 32.3 Å². The quantitative estimate of drug-likeness (QED) is 0.784. The Morgan fingerprint density at radius 3 is 3.15 bits per heavy atom. The van der Waals surface area contributed by atoms with Crippen LogP contribution in [0, 0.1) is 12.8 Å². The first-order valence-corrected chi connectivity index (χ1v) is 7.87. The van der Waals surface area contributed by atoms with Gasteiger partial charge in [0.2, 0.25) is 5.91 Å². The second-order valence-electron chi connectivity index (χ2n) is 6.54. The lowest BCUT2D eigenvalue weighted by Gasteiger charge is -2.48. The lowest BCUT2D eigenvalue weighted by atomic mass is 9.77. The number of nitrogens with one attached hydrogen (secondary N) is 1. The summed E-state index contributed by atoms with van der Waals surface area (Å²) >= 11 is 0. The summed E-state index contributed by atoms with van der Waals surface area (Å²) in [6, 6.07) is 7.44. The van der Waals surface area contributed by atoms with Crippen LogP contribution in [-0.4, -0.2) is 29.9 Å². The van der Waals surface area contributed by atoms with E-state index in [2.05, 4.69) is 35.3 Å². The summed E-state index contributed by atoms with van der Waals surface area (Å²) in [5, 5.41) is 3.58. The Labute approximate surface area is 120 Å². The number of fused-ring (bicyclic) bond motifs is 4. The molecule has 106 valence electrons. The number of benzene rings is 1. The molecular formula is C17H22N2O. The molecule has 0 aliphatic carbocycles. The molecule has 1 aromatic rings. The minimum absolute atomic E-state index is 0.228. The molecule has 0 radical (unpaired) electrons. The van der Waals surface area contributed by atoms with Crippen molar-refractivity contribution in [3.8, 4) is 0 Å². The number of nitrogens with zero attached hydrogens (tertiary/aromatic N) is 1. The Bertz CT molecular complexity index is 554. The molecule has 20 heavy (non-hydrogen) atoms. The predicted molar refractivity (Wildman–Crippen MR) is 78.5 cm³/mol. The summed E-state index contributed by atoms with van der Waals surface area (Å²) < 4.78 is 0. The van der Waals surface area contributed by atoms with Gasteiger partial charge in [0.05, 0.1) is 12.0 Å². The summed E-state index contributed by atoms with van der Waals surface area (Å²) in [4.78, 5) is 14.9. The van der Waals surface area contributed by atoms with Crippen LogP contribution in [0.2, 0.25) is 0 Å². The van der Waals surface area contributed by atoms with Gasteiger partial charge in [0.25, 0.3) is 0 Å². The zero-order valence-electron chi connectivity index (χ0n) is 12.1. The van der Waals surface area contributed by atoms with Gasteiger partial charge in [-0.05, 0) is 50.3 Å².